The molecule has 0 saturated heterocycles. The molecule has 0 bridgehead atoms. The van der Waals surface area contributed by atoms with Crippen LogP contribution in [0.1, 0.15) is 22.3 Å². The molecule has 0 radical (unpaired) electrons. The van der Waals surface area contributed by atoms with Crippen LogP contribution in [0.5, 0.6) is 17.2 Å². The van der Waals surface area contributed by atoms with Crippen molar-refractivity contribution < 1.29 is 18.6 Å². The number of nitrogens with zero attached hydrogens (tertiary/aromatic N) is 2. The molecule has 37 heavy (non-hydrogen) atoms. The fraction of sp³-hybridized carbons (Fsp3) is 0.286. The first kappa shape index (κ1) is 25.0. The van der Waals surface area contributed by atoms with Gasteiger partial charge in [0, 0.05) is 40.4 Å². The Morgan fingerprint density at radius 3 is 2.11 bits per heavy atom. The van der Waals surface area contributed by atoms with Gasteiger partial charge in [-0.05, 0) is 42.0 Å². The molecule has 2 N–H and O–H groups in total. The first-order chi connectivity index (χ1) is 18.2. The van der Waals surface area contributed by atoms with Crippen LogP contribution >= 0.6 is 11.8 Å². The zero-order chi connectivity index (χ0) is 25.6. The third-order valence-corrected chi connectivity index (χ3v) is 7.25. The minimum absolute atomic E-state index is 0.0897. The minimum atomic E-state index is -0.268. The Morgan fingerprint density at radius 1 is 0.811 bits per heavy atom. The third kappa shape index (κ3) is 5.67. The van der Waals surface area contributed by atoms with E-state index in [0.717, 1.165) is 59.6 Å². The van der Waals surface area contributed by atoms with E-state index < -0.39 is 0 Å². The third-order valence-electron chi connectivity index (χ3n) is 6.15. The molecule has 0 amide bonds. The van der Waals surface area contributed by atoms with Gasteiger partial charge >= 0.3 is 0 Å². The van der Waals surface area contributed by atoms with E-state index >= 15 is 4.39 Å². The number of amidine groups is 2. The highest BCUT2D eigenvalue weighted by Crippen LogP contribution is 2.34. The van der Waals surface area contributed by atoms with Crippen molar-refractivity contribution in [2.45, 2.75) is 17.3 Å². The quantitative estimate of drug-likeness (QED) is 0.386. The molecule has 0 aromatic heterocycles. The van der Waals surface area contributed by atoms with Gasteiger partial charge < -0.3 is 24.8 Å². The maximum atomic E-state index is 15.4. The van der Waals surface area contributed by atoms with E-state index in [4.69, 9.17) is 14.2 Å². The standard InChI is InChI=1S/C28H29FN4O3S/c1-34-23-14-18(27-30-10-11-31-27)6-8-22(23)36-16-20-4-3-5-21(26(20)29)17-37-25-9-7-19(15-24(25)35-2)28-32-12-13-33-28/h3-9,14-15H,10-13,16-17H2,1-2H3,(H,30,31)(H,32,33). The second kappa shape index (κ2) is 11.6. The highest BCUT2D eigenvalue weighted by Gasteiger charge is 2.16. The fourth-order valence-electron chi connectivity index (χ4n) is 4.22. The molecule has 2 aliphatic rings. The molecule has 0 atom stereocenters. The van der Waals surface area contributed by atoms with Crippen LogP contribution in [0.15, 0.2) is 69.5 Å². The Morgan fingerprint density at radius 2 is 1.46 bits per heavy atom. The number of thioether (sulfide) groups is 1. The summed E-state index contributed by atoms with van der Waals surface area (Å²) in [6.07, 6.45) is 0. The number of aliphatic imine (C=N–C) groups is 2. The average Bonchev–Trinajstić information content (AvgIpc) is 3.67. The molecule has 0 aliphatic carbocycles. The predicted molar refractivity (Wildman–Crippen MR) is 145 cm³/mol. The molecule has 0 saturated carbocycles. The summed E-state index contributed by atoms with van der Waals surface area (Å²) in [6, 6.07) is 17.0. The lowest BCUT2D eigenvalue weighted by molar-refractivity contribution is 0.279. The molecule has 0 unspecified atom stereocenters. The van der Waals surface area contributed by atoms with Crippen LogP contribution < -0.4 is 24.8 Å². The summed E-state index contributed by atoms with van der Waals surface area (Å²) in [5, 5.41) is 6.52. The largest absolute Gasteiger partial charge is 0.496 e. The van der Waals surface area contributed by atoms with Crippen LogP contribution in [-0.2, 0) is 12.4 Å². The van der Waals surface area contributed by atoms with Gasteiger partial charge in [-0.1, -0.05) is 18.2 Å². The topological polar surface area (TPSA) is 76.5 Å². The summed E-state index contributed by atoms with van der Waals surface area (Å²) < 4.78 is 32.4. The normalized spacial score (nSPS) is 14.5. The van der Waals surface area contributed by atoms with Crippen molar-refractivity contribution in [3.05, 3.63) is 82.7 Å². The molecule has 0 fully saturated rings. The maximum Gasteiger partial charge on any atom is 0.161 e. The van der Waals surface area contributed by atoms with Crippen LogP contribution in [0, 0.1) is 5.82 Å². The van der Waals surface area contributed by atoms with Crippen molar-refractivity contribution in [1.29, 1.82) is 0 Å². The average molecular weight is 521 g/mol. The molecule has 9 heteroatoms. The lowest BCUT2D eigenvalue weighted by Gasteiger charge is -2.14. The van der Waals surface area contributed by atoms with Crippen LogP contribution in [-0.4, -0.2) is 52.1 Å². The molecule has 7 nitrogen and oxygen atoms in total. The van der Waals surface area contributed by atoms with Crippen LogP contribution in [0.25, 0.3) is 0 Å². The zero-order valence-electron chi connectivity index (χ0n) is 20.8. The van der Waals surface area contributed by atoms with Crippen molar-refractivity contribution in [1.82, 2.24) is 10.6 Å². The smallest absolute Gasteiger partial charge is 0.161 e. The van der Waals surface area contributed by atoms with E-state index in [2.05, 4.69) is 20.6 Å². The van der Waals surface area contributed by atoms with Crippen LogP contribution in [0.3, 0.4) is 0 Å². The van der Waals surface area contributed by atoms with Gasteiger partial charge in [-0.25, -0.2) is 4.39 Å². The Kier molecular flexibility index (Phi) is 7.79. The summed E-state index contributed by atoms with van der Waals surface area (Å²) >= 11 is 1.53. The molecular weight excluding hydrogens is 491 g/mol. The summed E-state index contributed by atoms with van der Waals surface area (Å²) in [4.78, 5) is 9.85. The number of rotatable bonds is 10. The number of nitrogens with one attached hydrogen (secondary N) is 2. The van der Waals surface area contributed by atoms with E-state index in [1.54, 1.807) is 26.4 Å². The Balaban J connectivity index is 1.26. The zero-order valence-corrected chi connectivity index (χ0v) is 21.7. The molecule has 2 heterocycles. The summed E-state index contributed by atoms with van der Waals surface area (Å²) in [5.74, 6) is 3.79. The maximum absolute atomic E-state index is 15.4. The van der Waals surface area contributed by atoms with Gasteiger partial charge in [-0.15, -0.1) is 11.8 Å². The van der Waals surface area contributed by atoms with Gasteiger partial charge in [0.15, 0.2) is 11.5 Å². The second-order valence-corrected chi connectivity index (χ2v) is 9.53. The highest BCUT2D eigenvalue weighted by atomic mass is 32.2. The fourth-order valence-corrected chi connectivity index (χ4v) is 5.20. The predicted octanol–water partition coefficient (Wildman–Crippen LogP) is 4.41. The van der Waals surface area contributed by atoms with Gasteiger partial charge in [0.25, 0.3) is 0 Å². The molecule has 0 spiro atoms. The molecule has 3 aromatic rings. The van der Waals surface area contributed by atoms with Gasteiger partial charge in [0.1, 0.15) is 29.8 Å². The van der Waals surface area contributed by atoms with Crippen LogP contribution in [0.2, 0.25) is 0 Å². The van der Waals surface area contributed by atoms with Gasteiger partial charge in [0.05, 0.1) is 27.3 Å². The lowest BCUT2D eigenvalue weighted by atomic mass is 10.1. The van der Waals surface area contributed by atoms with Gasteiger partial charge in [0.2, 0.25) is 0 Å². The molecule has 192 valence electrons. The molecule has 5 rings (SSSR count). The number of benzene rings is 3. The number of methoxy groups -OCH3 is 2. The van der Waals surface area contributed by atoms with E-state index in [-0.39, 0.29) is 12.4 Å². The number of ether oxygens (including phenoxy) is 3. The minimum Gasteiger partial charge on any atom is -0.496 e. The Labute approximate surface area is 220 Å². The molecule has 2 aliphatic heterocycles. The molecule has 3 aromatic carbocycles. The van der Waals surface area contributed by atoms with E-state index in [1.165, 1.54) is 11.8 Å². The van der Waals surface area contributed by atoms with E-state index in [1.807, 2.05) is 42.5 Å². The number of halogens is 1. The monoisotopic (exact) mass is 520 g/mol. The van der Waals surface area contributed by atoms with Crippen molar-refractivity contribution in [2.24, 2.45) is 9.98 Å². The highest BCUT2D eigenvalue weighted by molar-refractivity contribution is 7.98. The molecular formula is C28H29FN4O3S. The summed E-state index contributed by atoms with van der Waals surface area (Å²) in [6.45, 7) is 3.30. The van der Waals surface area contributed by atoms with Crippen molar-refractivity contribution in [3.63, 3.8) is 0 Å². The first-order valence-corrected chi connectivity index (χ1v) is 13.1. The van der Waals surface area contributed by atoms with Crippen molar-refractivity contribution >= 4 is 23.4 Å². The van der Waals surface area contributed by atoms with Gasteiger partial charge in [-0.2, -0.15) is 0 Å². The lowest BCUT2D eigenvalue weighted by Crippen LogP contribution is -2.19. The van der Waals surface area contributed by atoms with Crippen molar-refractivity contribution in [3.8, 4) is 17.2 Å². The summed E-state index contributed by atoms with van der Waals surface area (Å²) in [5.41, 5.74) is 3.01. The first-order valence-electron chi connectivity index (χ1n) is 12.1. The van der Waals surface area contributed by atoms with E-state index in [9.17, 15) is 0 Å². The van der Waals surface area contributed by atoms with Crippen LogP contribution in [0.4, 0.5) is 4.39 Å². The Hall–Kier alpha value is -3.72. The van der Waals surface area contributed by atoms with Crippen molar-refractivity contribution in [2.75, 3.05) is 40.4 Å². The second-order valence-electron chi connectivity index (χ2n) is 8.51. The van der Waals surface area contributed by atoms with E-state index in [0.29, 0.717) is 28.4 Å². The SMILES string of the molecule is COc1cc(C2=NCCN2)ccc1OCc1cccc(CSc2ccc(C3=NCCN3)cc2OC)c1F. The Bertz CT molecular complexity index is 1250. The number of hydrogen-bond donors (Lipinski definition) is 2. The summed E-state index contributed by atoms with van der Waals surface area (Å²) in [7, 11) is 3.23. The van der Waals surface area contributed by atoms with Gasteiger partial charge in [-0.3, -0.25) is 9.98 Å². The number of hydrogen-bond acceptors (Lipinski definition) is 8.